The summed E-state index contributed by atoms with van der Waals surface area (Å²) in [6.07, 6.45) is 12.8. The van der Waals surface area contributed by atoms with E-state index in [1.165, 1.54) is 32.1 Å². The molecule has 2 N–H and O–H groups in total. The lowest BCUT2D eigenvalue weighted by molar-refractivity contribution is 0.123. The van der Waals surface area contributed by atoms with Gasteiger partial charge in [-0.1, -0.05) is 44.8 Å². The molecule has 0 unspecified atom stereocenters. The first kappa shape index (κ1) is 11.2. The average Bonchev–Trinajstić information content (AvgIpc) is 2.64. The largest absolute Gasteiger partial charge is 0.391 e. The van der Waals surface area contributed by atoms with Gasteiger partial charge in [-0.25, -0.2) is 0 Å². The van der Waals surface area contributed by atoms with Gasteiger partial charge in [0.15, 0.2) is 0 Å². The molecular weight excluding hydrogens is 186 g/mol. The molecule has 0 radical (unpaired) electrons. The zero-order chi connectivity index (χ0) is 10.7. The Kier molecular flexibility index (Phi) is 3.47. The van der Waals surface area contributed by atoms with Gasteiger partial charge in [-0.15, -0.1) is 0 Å². The average molecular weight is 209 g/mol. The molecule has 2 atom stereocenters. The molecule has 2 aliphatic rings. The van der Waals surface area contributed by atoms with Crippen LogP contribution in [0.15, 0.2) is 12.2 Å². The highest BCUT2D eigenvalue weighted by molar-refractivity contribution is 5.20. The lowest BCUT2D eigenvalue weighted by atomic mass is 9.83. The molecule has 2 heteroatoms. The van der Waals surface area contributed by atoms with Crippen LogP contribution in [0.1, 0.15) is 51.9 Å². The van der Waals surface area contributed by atoms with Crippen LogP contribution in [0, 0.1) is 0 Å². The van der Waals surface area contributed by atoms with E-state index < -0.39 is 0 Å². The molecule has 0 saturated heterocycles. The van der Waals surface area contributed by atoms with Crippen LogP contribution >= 0.6 is 0 Å². The van der Waals surface area contributed by atoms with Crippen molar-refractivity contribution in [2.75, 3.05) is 0 Å². The molecule has 1 aliphatic heterocycles. The SMILES string of the molecule is CCC[C@@H](O)[C@@H]1C=CC2(CCCCC2)N1. The minimum Gasteiger partial charge on any atom is -0.391 e. The zero-order valence-electron chi connectivity index (χ0n) is 9.71. The van der Waals surface area contributed by atoms with Crippen LogP contribution in [0.25, 0.3) is 0 Å². The van der Waals surface area contributed by atoms with Gasteiger partial charge in [0.25, 0.3) is 0 Å². The van der Waals surface area contributed by atoms with E-state index in [1.54, 1.807) is 0 Å². The predicted octanol–water partition coefficient (Wildman–Crippen LogP) is 2.38. The molecular formula is C13H23NO. The number of rotatable bonds is 3. The molecule has 0 amide bonds. The first-order chi connectivity index (χ1) is 7.26. The third-order valence-electron chi connectivity index (χ3n) is 3.82. The van der Waals surface area contributed by atoms with Crippen molar-refractivity contribution in [3.63, 3.8) is 0 Å². The molecule has 0 aromatic carbocycles. The van der Waals surface area contributed by atoms with Crippen molar-refractivity contribution in [1.29, 1.82) is 0 Å². The minimum absolute atomic E-state index is 0.197. The zero-order valence-corrected chi connectivity index (χ0v) is 9.71. The third-order valence-corrected chi connectivity index (χ3v) is 3.82. The summed E-state index contributed by atoms with van der Waals surface area (Å²) in [6, 6.07) is 0.197. The number of hydrogen-bond donors (Lipinski definition) is 2. The van der Waals surface area contributed by atoms with Crippen LogP contribution in [0.3, 0.4) is 0 Å². The van der Waals surface area contributed by atoms with E-state index in [0.29, 0.717) is 0 Å². The van der Waals surface area contributed by atoms with Gasteiger partial charge in [0.05, 0.1) is 12.1 Å². The number of aliphatic hydroxyl groups excluding tert-OH is 1. The van der Waals surface area contributed by atoms with Gasteiger partial charge in [0, 0.05) is 5.54 Å². The van der Waals surface area contributed by atoms with Crippen molar-refractivity contribution in [2.45, 2.75) is 69.6 Å². The van der Waals surface area contributed by atoms with Gasteiger partial charge in [0.2, 0.25) is 0 Å². The van der Waals surface area contributed by atoms with E-state index in [2.05, 4.69) is 24.4 Å². The van der Waals surface area contributed by atoms with Crippen LogP contribution in [-0.2, 0) is 0 Å². The number of nitrogens with one attached hydrogen (secondary N) is 1. The molecule has 0 aromatic rings. The maximum absolute atomic E-state index is 9.95. The Morgan fingerprint density at radius 1 is 1.40 bits per heavy atom. The van der Waals surface area contributed by atoms with E-state index in [9.17, 15) is 5.11 Å². The van der Waals surface area contributed by atoms with Crippen molar-refractivity contribution < 1.29 is 5.11 Å². The van der Waals surface area contributed by atoms with E-state index in [0.717, 1.165) is 12.8 Å². The molecule has 1 saturated carbocycles. The fourth-order valence-corrected chi connectivity index (χ4v) is 2.91. The second-order valence-corrected chi connectivity index (χ2v) is 5.10. The summed E-state index contributed by atoms with van der Waals surface area (Å²) >= 11 is 0. The molecule has 86 valence electrons. The summed E-state index contributed by atoms with van der Waals surface area (Å²) in [4.78, 5) is 0. The topological polar surface area (TPSA) is 32.3 Å². The van der Waals surface area contributed by atoms with Crippen LogP contribution < -0.4 is 5.32 Å². The molecule has 1 spiro atoms. The second kappa shape index (κ2) is 4.67. The summed E-state index contributed by atoms with van der Waals surface area (Å²) in [5, 5.41) is 13.6. The quantitative estimate of drug-likeness (QED) is 0.699. The van der Waals surface area contributed by atoms with Crippen molar-refractivity contribution in [2.24, 2.45) is 0 Å². The fourth-order valence-electron chi connectivity index (χ4n) is 2.91. The first-order valence-corrected chi connectivity index (χ1v) is 6.41. The summed E-state index contributed by atoms with van der Waals surface area (Å²) in [5.74, 6) is 0. The second-order valence-electron chi connectivity index (χ2n) is 5.10. The lowest BCUT2D eigenvalue weighted by Gasteiger charge is -2.34. The first-order valence-electron chi connectivity index (χ1n) is 6.41. The van der Waals surface area contributed by atoms with E-state index in [-0.39, 0.29) is 17.7 Å². The third kappa shape index (κ3) is 2.43. The summed E-state index contributed by atoms with van der Waals surface area (Å²) in [5.41, 5.74) is 0.234. The Balaban J connectivity index is 1.91. The van der Waals surface area contributed by atoms with Crippen molar-refractivity contribution in [3.8, 4) is 0 Å². The summed E-state index contributed by atoms with van der Waals surface area (Å²) < 4.78 is 0. The normalized spacial score (nSPS) is 30.9. The Hall–Kier alpha value is -0.340. The van der Waals surface area contributed by atoms with Crippen LogP contribution in [0.4, 0.5) is 0 Å². The molecule has 2 rings (SSSR count). The molecule has 0 aromatic heterocycles. The maximum Gasteiger partial charge on any atom is 0.0729 e. The summed E-state index contributed by atoms with van der Waals surface area (Å²) in [7, 11) is 0. The van der Waals surface area contributed by atoms with Gasteiger partial charge in [0.1, 0.15) is 0 Å². The molecule has 1 heterocycles. The number of aliphatic hydroxyl groups is 1. The minimum atomic E-state index is -0.201. The van der Waals surface area contributed by atoms with E-state index >= 15 is 0 Å². The predicted molar refractivity (Wildman–Crippen MR) is 62.8 cm³/mol. The van der Waals surface area contributed by atoms with Gasteiger partial charge in [-0.3, -0.25) is 5.32 Å². The van der Waals surface area contributed by atoms with Gasteiger partial charge in [-0.2, -0.15) is 0 Å². The Morgan fingerprint density at radius 2 is 2.13 bits per heavy atom. The van der Waals surface area contributed by atoms with Crippen molar-refractivity contribution in [3.05, 3.63) is 12.2 Å². The Bertz CT molecular complexity index is 231. The highest BCUT2D eigenvalue weighted by Crippen LogP contribution is 2.33. The van der Waals surface area contributed by atoms with E-state index in [1.807, 2.05) is 0 Å². The Morgan fingerprint density at radius 3 is 2.80 bits per heavy atom. The van der Waals surface area contributed by atoms with Crippen LogP contribution in [0.2, 0.25) is 0 Å². The molecule has 2 nitrogen and oxygen atoms in total. The maximum atomic E-state index is 9.95. The Labute approximate surface area is 92.8 Å². The lowest BCUT2D eigenvalue weighted by Crippen LogP contribution is -2.48. The molecule has 1 aliphatic carbocycles. The molecule has 1 fully saturated rings. The molecule has 0 bridgehead atoms. The van der Waals surface area contributed by atoms with Gasteiger partial charge < -0.3 is 5.11 Å². The van der Waals surface area contributed by atoms with E-state index in [4.69, 9.17) is 0 Å². The highest BCUT2D eigenvalue weighted by Gasteiger charge is 2.36. The molecule has 15 heavy (non-hydrogen) atoms. The smallest absolute Gasteiger partial charge is 0.0729 e. The number of hydrogen-bond acceptors (Lipinski definition) is 2. The monoisotopic (exact) mass is 209 g/mol. The fraction of sp³-hybridized carbons (Fsp3) is 0.846. The van der Waals surface area contributed by atoms with Gasteiger partial charge in [-0.05, 0) is 19.3 Å². The van der Waals surface area contributed by atoms with Gasteiger partial charge >= 0.3 is 0 Å². The van der Waals surface area contributed by atoms with Crippen LogP contribution in [-0.4, -0.2) is 22.8 Å². The van der Waals surface area contributed by atoms with Crippen LogP contribution in [0.5, 0.6) is 0 Å². The standard InChI is InChI=1S/C13H23NO/c1-2-6-12(15)11-7-10-13(14-11)8-4-3-5-9-13/h7,10-12,14-15H,2-6,8-9H2,1H3/t11-,12+/m0/s1. The van der Waals surface area contributed by atoms with Crippen molar-refractivity contribution >= 4 is 0 Å². The van der Waals surface area contributed by atoms with Crippen molar-refractivity contribution in [1.82, 2.24) is 5.32 Å². The summed E-state index contributed by atoms with van der Waals surface area (Å²) in [6.45, 7) is 2.12. The highest BCUT2D eigenvalue weighted by atomic mass is 16.3.